The molecule has 0 aromatic heterocycles. The zero-order valence-electron chi connectivity index (χ0n) is 82.6. The number of hydrogen-bond acceptors (Lipinski definition) is 25. The van der Waals surface area contributed by atoms with Gasteiger partial charge in [-0.05, 0) is 77.9 Å². The third-order valence-corrected chi connectivity index (χ3v) is 26.3. The van der Waals surface area contributed by atoms with E-state index in [9.17, 15) is 10.6 Å². The van der Waals surface area contributed by atoms with Gasteiger partial charge in [-0.2, -0.15) is 0 Å². The van der Waals surface area contributed by atoms with Crippen molar-refractivity contribution in [3.05, 3.63) is 477 Å². The Morgan fingerprint density at radius 2 is 0.439 bits per heavy atom. The van der Waals surface area contributed by atoms with Crippen LogP contribution in [0.1, 0.15) is 72.3 Å². The molecular weight excluding hydrogens is 1880 g/mol. The van der Waals surface area contributed by atoms with E-state index in [1.54, 1.807) is 0 Å². The molecule has 13 aromatic rings. The molecule has 772 valence electrons. The Morgan fingerprint density at radius 1 is 0.223 bits per heavy atom. The summed E-state index contributed by atoms with van der Waals surface area (Å²) in [4.78, 5) is 3.12. The maximum absolute atomic E-state index is 14.6. The number of ether oxygens (including phenoxy) is 23. The maximum Gasteiger partial charge on any atom is 0.187 e. The van der Waals surface area contributed by atoms with Crippen LogP contribution in [0.2, 0.25) is 0 Å². The van der Waals surface area contributed by atoms with E-state index < -0.39 is 141 Å². The summed E-state index contributed by atoms with van der Waals surface area (Å²) in [6.45, 7) is -0.0789. The second kappa shape index (κ2) is 57.3. The normalized spacial score (nSPS) is 26.0. The minimum atomic E-state index is -1.78. The second-order valence-corrected chi connectivity index (χ2v) is 37.0. The van der Waals surface area contributed by atoms with Gasteiger partial charge >= 0.3 is 0 Å². The van der Waals surface area contributed by atoms with E-state index >= 15 is 0 Å². The molecule has 5 saturated heterocycles. The molecule has 0 aliphatic carbocycles. The predicted molar refractivity (Wildman–Crippen MR) is 549 cm³/mol. The number of nitrogens with zero attached hydrogens (tertiary/aromatic N) is 3. The summed E-state index contributed by atoms with van der Waals surface area (Å²) in [7, 11) is 0. The van der Waals surface area contributed by atoms with Gasteiger partial charge in [-0.25, -0.2) is 0 Å². The van der Waals surface area contributed by atoms with Crippen molar-refractivity contribution in [2.75, 3.05) is 46.2 Å². The lowest BCUT2D eigenvalue weighted by molar-refractivity contribution is -0.418. The summed E-state index contributed by atoms with van der Waals surface area (Å²) in [5.41, 5.74) is 20.9. The molecule has 27 nitrogen and oxygen atoms in total. The minimum absolute atomic E-state index is 0.00593. The van der Waals surface area contributed by atoms with Gasteiger partial charge in [0, 0.05) is 11.5 Å². The van der Waals surface area contributed by atoms with E-state index in [2.05, 4.69) is 10.0 Å². The van der Waals surface area contributed by atoms with Gasteiger partial charge in [-0.15, -0.1) is 0 Å². The fourth-order valence-electron chi connectivity index (χ4n) is 18.7. The molecule has 13 aromatic carbocycles. The Kier molecular flexibility index (Phi) is 41.1. The van der Waals surface area contributed by atoms with Crippen LogP contribution in [0.25, 0.3) is 10.4 Å². The van der Waals surface area contributed by atoms with Crippen molar-refractivity contribution in [3.8, 4) is 0 Å². The van der Waals surface area contributed by atoms with Crippen LogP contribution in [-0.4, -0.2) is 193 Å². The fraction of sp³-hybridized carbons (Fsp3) is 0.355. The molecule has 18 rings (SSSR count). The molecule has 5 aliphatic heterocycles. The molecule has 5 heterocycles. The fourth-order valence-corrected chi connectivity index (χ4v) is 18.7. The second-order valence-electron chi connectivity index (χ2n) is 37.0. The van der Waals surface area contributed by atoms with Crippen LogP contribution >= 0.6 is 0 Å². The van der Waals surface area contributed by atoms with Crippen LogP contribution < -0.4 is 0 Å². The van der Waals surface area contributed by atoms with Crippen molar-refractivity contribution in [2.24, 2.45) is 5.11 Å². The van der Waals surface area contributed by atoms with Crippen LogP contribution in [0.5, 0.6) is 0 Å². The van der Waals surface area contributed by atoms with Gasteiger partial charge < -0.3 is 114 Å². The molecule has 0 bridgehead atoms. The average Bonchev–Trinajstić information content (AvgIpc) is 0.747. The van der Waals surface area contributed by atoms with Gasteiger partial charge in [-0.1, -0.05) is 399 Å². The molecule has 0 amide bonds. The highest BCUT2D eigenvalue weighted by Crippen LogP contribution is 2.43. The Balaban J connectivity index is 0.836. The first-order valence-electron chi connectivity index (χ1n) is 50.8. The number of hydrogen-bond donors (Lipinski definition) is 1. The summed E-state index contributed by atoms with van der Waals surface area (Å²) in [5, 5.41) is 18.5. The summed E-state index contributed by atoms with van der Waals surface area (Å²) in [6.07, 6.45) is -30.4. The smallest absolute Gasteiger partial charge is 0.187 e. The van der Waals surface area contributed by atoms with Gasteiger partial charge in [0.05, 0.1) is 126 Å². The average molecular weight is 2010 g/mol. The van der Waals surface area contributed by atoms with Crippen LogP contribution in [0.15, 0.2) is 399 Å². The van der Waals surface area contributed by atoms with Crippen LogP contribution in [-0.2, 0) is 195 Å². The molecule has 1 N–H and O–H groups in total. The molecule has 23 atom stereocenters. The third kappa shape index (κ3) is 31.2. The standard InChI is InChI=1S/C121H129N3O24/c122-124-123-66-67-129-117-115(139-80-98-64-38-13-39-65-98)111(108(135-76-94-56-30-9-31-57-94)102(142-117)82-127-69-87-42-16-2-17-43-87)146-121-116(148-119-114(138-79-97-62-36-12-37-63-97)107(134-75-93-54-28-8-29-55-93)100(85-141-119)131-72-90-48-22-5-23-49-90)112(109(136-77-95-58-32-10-33-59-95)103(144-121)83-128-70-88-44-18-3-19-45-88)147-120-110(104(125)105(132-73-91-50-24-6-25-51-91)101(143-120)81-126-68-86-40-14-1-15-41-86)145-118-113(137-78-96-60-34-11-35-61-96)106(133-74-92-52-26-7-27-53-92)99(84-140-118)130-71-89-46-20-4-21-47-89/h1-65,99-121,125H,66-85H2/t99-,100-,101-,102-,103-,104+,105-,106+,107+,108-,109-,110+,111+,112+,113-,114-,115+,116+,117+,118+,119+,120-,121-/m1/s1. The quantitative estimate of drug-likeness (QED) is 0.0160. The Hall–Kier alpha value is -11.8. The minimum Gasteiger partial charge on any atom is -0.387 e. The maximum atomic E-state index is 14.6. The molecule has 5 aliphatic rings. The van der Waals surface area contributed by atoms with Crippen molar-refractivity contribution in [1.29, 1.82) is 0 Å². The number of rotatable bonds is 54. The van der Waals surface area contributed by atoms with Crippen LogP contribution in [0, 0.1) is 0 Å². The zero-order chi connectivity index (χ0) is 101. The van der Waals surface area contributed by atoms with Crippen molar-refractivity contribution in [1.82, 2.24) is 0 Å². The van der Waals surface area contributed by atoms with E-state index in [0.29, 0.717) is 0 Å². The van der Waals surface area contributed by atoms with Crippen molar-refractivity contribution in [2.45, 2.75) is 227 Å². The van der Waals surface area contributed by atoms with Gasteiger partial charge in [0.1, 0.15) is 110 Å². The van der Waals surface area contributed by atoms with E-state index in [-0.39, 0.29) is 132 Å². The van der Waals surface area contributed by atoms with Crippen molar-refractivity contribution < 1.29 is 114 Å². The van der Waals surface area contributed by atoms with E-state index in [1.165, 1.54) is 0 Å². The van der Waals surface area contributed by atoms with Gasteiger partial charge in [0.25, 0.3) is 0 Å². The Bertz CT molecular complexity index is 5920. The van der Waals surface area contributed by atoms with Crippen molar-refractivity contribution >= 4 is 0 Å². The molecular formula is C121H129N3O24. The Labute approximate surface area is 864 Å². The highest BCUT2D eigenvalue weighted by atomic mass is 16.8. The monoisotopic (exact) mass is 2010 g/mol. The largest absolute Gasteiger partial charge is 0.387 e. The molecule has 0 radical (unpaired) electrons. The zero-order valence-corrected chi connectivity index (χ0v) is 82.6. The van der Waals surface area contributed by atoms with Crippen molar-refractivity contribution in [3.63, 3.8) is 0 Å². The van der Waals surface area contributed by atoms with Gasteiger partial charge in [0.2, 0.25) is 0 Å². The highest BCUT2D eigenvalue weighted by Gasteiger charge is 2.60. The molecule has 0 unspecified atom stereocenters. The lowest BCUT2D eigenvalue weighted by atomic mass is 9.94. The lowest BCUT2D eigenvalue weighted by Gasteiger charge is -2.53. The third-order valence-electron chi connectivity index (χ3n) is 26.3. The van der Waals surface area contributed by atoms with Crippen LogP contribution in [0.4, 0.5) is 0 Å². The summed E-state index contributed by atoms with van der Waals surface area (Å²) in [5.74, 6) is 0. The van der Waals surface area contributed by atoms with E-state index in [4.69, 9.17) is 109 Å². The number of benzene rings is 13. The molecule has 148 heavy (non-hydrogen) atoms. The molecule has 5 fully saturated rings. The van der Waals surface area contributed by atoms with Gasteiger partial charge in [-0.3, -0.25) is 0 Å². The van der Waals surface area contributed by atoms with Crippen LogP contribution in [0.3, 0.4) is 0 Å². The van der Waals surface area contributed by atoms with E-state index in [1.807, 2.05) is 394 Å². The Morgan fingerprint density at radius 3 is 0.730 bits per heavy atom. The number of azide groups is 1. The summed E-state index contributed by atoms with van der Waals surface area (Å²) in [6, 6.07) is 127. The predicted octanol–water partition coefficient (Wildman–Crippen LogP) is 19.6. The summed E-state index contributed by atoms with van der Waals surface area (Å²) < 4.78 is 171. The van der Waals surface area contributed by atoms with E-state index in [0.717, 1.165) is 72.3 Å². The first-order valence-corrected chi connectivity index (χ1v) is 50.8. The molecule has 0 saturated carbocycles. The highest BCUT2D eigenvalue weighted by molar-refractivity contribution is 5.24. The number of aliphatic hydroxyl groups excluding tert-OH is 1. The molecule has 27 heteroatoms. The van der Waals surface area contributed by atoms with Gasteiger partial charge in [0.15, 0.2) is 31.5 Å². The summed E-state index contributed by atoms with van der Waals surface area (Å²) >= 11 is 0. The molecule has 0 spiro atoms. The first kappa shape index (κ1) is 106. The number of aliphatic hydroxyl groups is 1. The topological polar surface area (TPSA) is 281 Å². The SMILES string of the molecule is [N-]=[N+]=NCCO[C@H]1O[C@H](COCc2ccccc2)[C@@H](OCc2ccccc2)[C@H](O[C@H]2O[C@H](COCc3ccccc3)[C@@H](OCc3ccccc3)[C@H](O[C@H]3O[C@H](COCc4ccccc4)[C@@H](OCc4ccccc4)[C@H](O)[C@@H]3O[C@@H]3OC[C@@H](OCc4ccccc4)[C@H](OCc4ccccc4)[C@H]3OCc3ccccc3)[C@@H]2O[C@@H]2OC[C@@H](OCc3ccccc3)[C@H](OCc3ccccc3)[C@H]2OCc2ccccc2)[C@@H]1OCc1ccccc1. The first-order chi connectivity index (χ1) is 73.3. The lowest BCUT2D eigenvalue weighted by Crippen LogP contribution is -2.70.